The number of carbonyl (C=O) groups excluding carboxylic acids is 1. The lowest BCUT2D eigenvalue weighted by Gasteiger charge is -2.19. The molecule has 0 N–H and O–H groups in total. The van der Waals surface area contributed by atoms with Gasteiger partial charge in [0.25, 0.3) is 0 Å². The molecule has 2 nitrogen and oxygen atoms in total. The maximum atomic E-state index is 12.0. The van der Waals surface area contributed by atoms with E-state index in [1.165, 1.54) is 0 Å². The van der Waals surface area contributed by atoms with Crippen LogP contribution in [0.5, 0.6) is 0 Å². The monoisotopic (exact) mass is 195 g/mol. The summed E-state index contributed by atoms with van der Waals surface area (Å²) in [5, 5.41) is 0. The standard InChI is InChI=1S/C8H12F3NO/c1-12-3-2-6(7(12)5-13)4-8(9,10)11/h5-7H,2-4H2,1H3. The Kier molecular flexibility index (Phi) is 2.95. The van der Waals surface area contributed by atoms with Gasteiger partial charge in [-0.05, 0) is 25.9 Å². The van der Waals surface area contributed by atoms with E-state index in [2.05, 4.69) is 0 Å². The third kappa shape index (κ3) is 2.69. The third-order valence-electron chi connectivity index (χ3n) is 2.48. The van der Waals surface area contributed by atoms with E-state index in [-0.39, 0.29) is 0 Å². The number of likely N-dealkylation sites (N-methyl/N-ethyl adjacent to an activating group) is 1. The number of nitrogens with zero attached hydrogens (tertiary/aromatic N) is 1. The van der Waals surface area contributed by atoms with Crippen LogP contribution in [0.3, 0.4) is 0 Å². The number of carbonyl (C=O) groups is 1. The van der Waals surface area contributed by atoms with E-state index >= 15 is 0 Å². The van der Waals surface area contributed by atoms with Gasteiger partial charge in [0.15, 0.2) is 0 Å². The van der Waals surface area contributed by atoms with E-state index in [0.29, 0.717) is 19.3 Å². The van der Waals surface area contributed by atoms with Gasteiger partial charge in [-0.25, -0.2) is 0 Å². The first-order chi connectivity index (χ1) is 5.94. The lowest BCUT2D eigenvalue weighted by atomic mass is 9.97. The van der Waals surface area contributed by atoms with Crippen molar-refractivity contribution < 1.29 is 18.0 Å². The Balaban J connectivity index is 2.56. The summed E-state index contributed by atoms with van der Waals surface area (Å²) in [7, 11) is 1.68. The Hall–Kier alpha value is -0.580. The molecule has 0 aromatic rings. The molecular weight excluding hydrogens is 183 g/mol. The van der Waals surface area contributed by atoms with Crippen LogP contribution in [-0.4, -0.2) is 37.0 Å². The quantitative estimate of drug-likeness (QED) is 0.622. The summed E-state index contributed by atoms with van der Waals surface area (Å²) in [5.74, 6) is -0.553. The highest BCUT2D eigenvalue weighted by atomic mass is 19.4. The van der Waals surface area contributed by atoms with Crippen LogP contribution >= 0.6 is 0 Å². The number of likely N-dealkylation sites (tertiary alicyclic amines) is 1. The summed E-state index contributed by atoms with van der Waals surface area (Å²) in [6.45, 7) is 0.574. The van der Waals surface area contributed by atoms with Crippen LogP contribution in [0.1, 0.15) is 12.8 Å². The second-order valence-corrected chi connectivity index (χ2v) is 3.48. The Morgan fingerprint density at radius 3 is 2.62 bits per heavy atom. The predicted molar refractivity (Wildman–Crippen MR) is 41.3 cm³/mol. The Bertz CT molecular complexity index is 192. The van der Waals surface area contributed by atoms with E-state index < -0.39 is 24.6 Å². The van der Waals surface area contributed by atoms with E-state index in [9.17, 15) is 18.0 Å². The molecule has 0 aliphatic carbocycles. The molecule has 5 heteroatoms. The van der Waals surface area contributed by atoms with Crippen molar-refractivity contribution in [2.24, 2.45) is 5.92 Å². The van der Waals surface area contributed by atoms with Crippen molar-refractivity contribution in [2.45, 2.75) is 25.1 Å². The molecule has 0 aromatic heterocycles. The minimum absolute atomic E-state index is 0.458. The average molecular weight is 195 g/mol. The fourth-order valence-electron chi connectivity index (χ4n) is 1.78. The van der Waals surface area contributed by atoms with E-state index in [4.69, 9.17) is 0 Å². The molecule has 1 aliphatic rings. The first-order valence-corrected chi connectivity index (χ1v) is 4.16. The van der Waals surface area contributed by atoms with Gasteiger partial charge in [-0.15, -0.1) is 0 Å². The first kappa shape index (κ1) is 10.5. The molecule has 2 unspecified atom stereocenters. The summed E-state index contributed by atoms with van der Waals surface area (Å²) in [4.78, 5) is 12.2. The SMILES string of the molecule is CN1CCC(CC(F)(F)F)C1C=O. The van der Waals surface area contributed by atoms with Crippen molar-refractivity contribution in [1.82, 2.24) is 4.90 Å². The highest BCUT2D eigenvalue weighted by Gasteiger charge is 2.39. The number of halogens is 3. The van der Waals surface area contributed by atoms with Crippen molar-refractivity contribution >= 4 is 6.29 Å². The van der Waals surface area contributed by atoms with Gasteiger partial charge >= 0.3 is 6.18 Å². The Morgan fingerprint density at radius 1 is 1.54 bits per heavy atom. The van der Waals surface area contributed by atoms with Crippen LogP contribution < -0.4 is 0 Å². The fourth-order valence-corrected chi connectivity index (χ4v) is 1.78. The fraction of sp³-hybridized carbons (Fsp3) is 0.875. The van der Waals surface area contributed by atoms with Crippen molar-refractivity contribution in [3.05, 3.63) is 0 Å². The number of hydrogen-bond donors (Lipinski definition) is 0. The second kappa shape index (κ2) is 3.65. The van der Waals surface area contributed by atoms with Crippen molar-refractivity contribution in [1.29, 1.82) is 0 Å². The Morgan fingerprint density at radius 2 is 2.15 bits per heavy atom. The molecular formula is C8H12F3NO. The van der Waals surface area contributed by atoms with Gasteiger partial charge in [0.1, 0.15) is 6.29 Å². The zero-order chi connectivity index (χ0) is 10.1. The molecule has 0 spiro atoms. The topological polar surface area (TPSA) is 20.3 Å². The minimum Gasteiger partial charge on any atom is -0.302 e. The molecule has 1 rings (SSSR count). The van der Waals surface area contributed by atoms with Crippen LogP contribution in [0.15, 0.2) is 0 Å². The molecule has 1 aliphatic heterocycles. The highest BCUT2D eigenvalue weighted by molar-refractivity contribution is 5.58. The van der Waals surface area contributed by atoms with Crippen molar-refractivity contribution in [3.63, 3.8) is 0 Å². The zero-order valence-electron chi connectivity index (χ0n) is 7.34. The number of alkyl halides is 3. The minimum atomic E-state index is -4.16. The van der Waals surface area contributed by atoms with Crippen LogP contribution in [0.2, 0.25) is 0 Å². The van der Waals surface area contributed by atoms with E-state index in [0.717, 1.165) is 0 Å². The maximum absolute atomic E-state index is 12.0. The molecule has 0 bridgehead atoms. The molecule has 2 atom stereocenters. The van der Waals surface area contributed by atoms with Crippen LogP contribution in [0.25, 0.3) is 0 Å². The smallest absolute Gasteiger partial charge is 0.302 e. The summed E-state index contributed by atoms with van der Waals surface area (Å²) >= 11 is 0. The summed E-state index contributed by atoms with van der Waals surface area (Å²) < 4.78 is 36.0. The number of hydrogen-bond acceptors (Lipinski definition) is 2. The molecule has 1 fully saturated rings. The summed E-state index contributed by atoms with van der Waals surface area (Å²) in [5.41, 5.74) is 0. The van der Waals surface area contributed by atoms with E-state index in [1.807, 2.05) is 0 Å². The highest BCUT2D eigenvalue weighted by Crippen LogP contribution is 2.33. The summed E-state index contributed by atoms with van der Waals surface area (Å²) in [6.07, 6.45) is -3.93. The Labute approximate surface area is 74.7 Å². The first-order valence-electron chi connectivity index (χ1n) is 4.16. The van der Waals surface area contributed by atoms with Gasteiger partial charge < -0.3 is 4.79 Å². The number of rotatable bonds is 2. The normalized spacial score (nSPS) is 30.8. The molecule has 1 saturated heterocycles. The maximum Gasteiger partial charge on any atom is 0.389 e. The average Bonchev–Trinajstić information content (AvgIpc) is 2.28. The van der Waals surface area contributed by atoms with Crippen molar-refractivity contribution in [2.75, 3.05) is 13.6 Å². The summed E-state index contributed by atoms with van der Waals surface area (Å²) in [6, 6.07) is -0.554. The predicted octanol–water partition coefficient (Wildman–Crippen LogP) is 1.46. The molecule has 76 valence electrons. The molecule has 0 amide bonds. The van der Waals surface area contributed by atoms with Crippen molar-refractivity contribution in [3.8, 4) is 0 Å². The second-order valence-electron chi connectivity index (χ2n) is 3.48. The molecule has 13 heavy (non-hydrogen) atoms. The largest absolute Gasteiger partial charge is 0.389 e. The molecule has 0 saturated carbocycles. The van der Waals surface area contributed by atoms with Gasteiger partial charge in [0.05, 0.1) is 6.04 Å². The van der Waals surface area contributed by atoms with Crippen LogP contribution in [-0.2, 0) is 4.79 Å². The van der Waals surface area contributed by atoms with Gasteiger partial charge in [-0.2, -0.15) is 13.2 Å². The van der Waals surface area contributed by atoms with Gasteiger partial charge in [-0.3, -0.25) is 4.90 Å². The van der Waals surface area contributed by atoms with Gasteiger partial charge in [0, 0.05) is 6.42 Å². The molecule has 1 heterocycles. The van der Waals surface area contributed by atoms with Gasteiger partial charge in [0.2, 0.25) is 0 Å². The molecule has 0 radical (unpaired) electrons. The van der Waals surface area contributed by atoms with Gasteiger partial charge in [-0.1, -0.05) is 0 Å². The molecule has 0 aromatic carbocycles. The third-order valence-corrected chi connectivity index (χ3v) is 2.48. The van der Waals surface area contributed by atoms with E-state index in [1.54, 1.807) is 11.9 Å². The lowest BCUT2D eigenvalue weighted by molar-refractivity contribution is -0.146. The van der Waals surface area contributed by atoms with Crippen LogP contribution in [0.4, 0.5) is 13.2 Å². The van der Waals surface area contributed by atoms with Crippen LogP contribution in [0, 0.1) is 5.92 Å². The lowest BCUT2D eigenvalue weighted by Crippen LogP contribution is -2.32. The zero-order valence-corrected chi connectivity index (χ0v) is 7.34. The number of aldehydes is 1.